The van der Waals surface area contributed by atoms with Crippen molar-refractivity contribution in [1.29, 1.82) is 0 Å². The third-order valence-electron chi connectivity index (χ3n) is 4.06. The molecule has 3 nitrogen and oxygen atoms in total. The van der Waals surface area contributed by atoms with Crippen LogP contribution in [0.5, 0.6) is 0 Å². The van der Waals surface area contributed by atoms with E-state index in [1.165, 1.54) is 19.3 Å². The largest absolute Gasteiger partial charge is 0.381 e. The lowest BCUT2D eigenvalue weighted by Crippen LogP contribution is -2.59. The van der Waals surface area contributed by atoms with Crippen molar-refractivity contribution in [2.45, 2.75) is 64.1 Å². The molecule has 2 atom stereocenters. The molecule has 0 aliphatic heterocycles. The lowest BCUT2D eigenvalue weighted by atomic mass is 9.78. The van der Waals surface area contributed by atoms with E-state index in [9.17, 15) is 0 Å². The van der Waals surface area contributed by atoms with E-state index < -0.39 is 0 Å². The van der Waals surface area contributed by atoms with Gasteiger partial charge in [-0.15, -0.1) is 0 Å². The highest BCUT2D eigenvalue weighted by Crippen LogP contribution is 2.35. The molecule has 0 bridgehead atoms. The van der Waals surface area contributed by atoms with Crippen LogP contribution in [0.3, 0.4) is 0 Å². The van der Waals surface area contributed by atoms with Crippen LogP contribution in [0, 0.1) is 0 Å². The van der Waals surface area contributed by atoms with E-state index in [1.807, 2.05) is 7.11 Å². The molecule has 96 valence electrons. The maximum Gasteiger partial charge on any atom is 0.0589 e. The predicted octanol–water partition coefficient (Wildman–Crippen LogP) is 2.00. The molecule has 16 heavy (non-hydrogen) atoms. The van der Waals surface area contributed by atoms with Crippen LogP contribution in [0.1, 0.15) is 46.5 Å². The van der Waals surface area contributed by atoms with Crippen LogP contribution in [0.4, 0.5) is 0 Å². The van der Waals surface area contributed by atoms with Crippen molar-refractivity contribution in [2.24, 2.45) is 5.73 Å². The number of ether oxygens (including phenoxy) is 1. The fourth-order valence-corrected chi connectivity index (χ4v) is 3.30. The van der Waals surface area contributed by atoms with Crippen LogP contribution in [-0.4, -0.2) is 42.8 Å². The van der Waals surface area contributed by atoms with Crippen molar-refractivity contribution in [3.63, 3.8) is 0 Å². The Morgan fingerprint density at radius 3 is 2.62 bits per heavy atom. The highest BCUT2D eigenvalue weighted by atomic mass is 16.5. The van der Waals surface area contributed by atoms with Gasteiger partial charge in [-0.05, 0) is 46.1 Å². The Morgan fingerprint density at radius 2 is 2.19 bits per heavy atom. The summed E-state index contributed by atoms with van der Waals surface area (Å²) in [6.07, 6.45) is 5.12. The molecule has 2 unspecified atom stereocenters. The van der Waals surface area contributed by atoms with Gasteiger partial charge in [-0.2, -0.15) is 0 Å². The Hall–Kier alpha value is -0.120. The third-order valence-corrected chi connectivity index (χ3v) is 4.06. The summed E-state index contributed by atoms with van der Waals surface area (Å²) < 4.78 is 5.54. The van der Waals surface area contributed by atoms with Crippen LogP contribution < -0.4 is 5.73 Å². The number of hydrogen-bond acceptors (Lipinski definition) is 3. The van der Waals surface area contributed by atoms with Gasteiger partial charge in [-0.3, -0.25) is 4.90 Å². The maximum atomic E-state index is 6.07. The van der Waals surface area contributed by atoms with E-state index in [4.69, 9.17) is 10.5 Å². The zero-order valence-corrected chi connectivity index (χ0v) is 11.3. The minimum atomic E-state index is 0.168. The molecule has 2 N–H and O–H groups in total. The fourth-order valence-electron chi connectivity index (χ4n) is 3.30. The molecule has 0 spiro atoms. The van der Waals surface area contributed by atoms with Crippen molar-refractivity contribution in [2.75, 3.05) is 20.2 Å². The van der Waals surface area contributed by atoms with Gasteiger partial charge in [-0.1, -0.05) is 6.92 Å². The molecule has 0 aromatic heterocycles. The number of nitrogens with two attached hydrogens (primary N) is 1. The lowest BCUT2D eigenvalue weighted by molar-refractivity contribution is -0.0323. The molecule has 0 amide bonds. The standard InChI is InChI=1S/C13H28N2O/c1-5-15(11(2)3)13(10-14)8-6-7-12(9-13)16-4/h11-12H,5-10,14H2,1-4H3. The first kappa shape index (κ1) is 13.9. The Balaban J connectivity index is 2.81. The first-order chi connectivity index (χ1) is 7.59. The van der Waals surface area contributed by atoms with Crippen molar-refractivity contribution in [1.82, 2.24) is 4.90 Å². The lowest BCUT2D eigenvalue weighted by Gasteiger charge is -2.49. The molecule has 3 heteroatoms. The van der Waals surface area contributed by atoms with Crippen LogP contribution >= 0.6 is 0 Å². The average Bonchev–Trinajstić information content (AvgIpc) is 2.29. The second-order valence-corrected chi connectivity index (χ2v) is 5.26. The number of hydrogen-bond donors (Lipinski definition) is 1. The maximum absolute atomic E-state index is 6.07. The summed E-state index contributed by atoms with van der Waals surface area (Å²) in [6.45, 7) is 8.58. The molecule has 1 saturated carbocycles. The topological polar surface area (TPSA) is 38.5 Å². The van der Waals surface area contributed by atoms with Crippen LogP contribution in [0.25, 0.3) is 0 Å². The number of methoxy groups -OCH3 is 1. The summed E-state index contributed by atoms with van der Waals surface area (Å²) in [4.78, 5) is 2.55. The Bertz CT molecular complexity index is 208. The molecular weight excluding hydrogens is 200 g/mol. The van der Waals surface area contributed by atoms with Crippen molar-refractivity contribution in [3.8, 4) is 0 Å². The first-order valence-electron chi connectivity index (χ1n) is 6.59. The minimum absolute atomic E-state index is 0.168. The van der Waals surface area contributed by atoms with Crippen molar-refractivity contribution in [3.05, 3.63) is 0 Å². The highest BCUT2D eigenvalue weighted by Gasteiger charge is 2.40. The van der Waals surface area contributed by atoms with Crippen molar-refractivity contribution >= 4 is 0 Å². The van der Waals surface area contributed by atoms with Crippen LogP contribution in [0.2, 0.25) is 0 Å². The molecular formula is C13H28N2O. The van der Waals surface area contributed by atoms with Gasteiger partial charge in [0.2, 0.25) is 0 Å². The van der Waals surface area contributed by atoms with Gasteiger partial charge < -0.3 is 10.5 Å². The van der Waals surface area contributed by atoms with Crippen LogP contribution in [-0.2, 0) is 4.74 Å². The van der Waals surface area contributed by atoms with Gasteiger partial charge in [0.15, 0.2) is 0 Å². The van der Waals surface area contributed by atoms with Gasteiger partial charge in [0.05, 0.1) is 6.10 Å². The number of rotatable bonds is 5. The van der Waals surface area contributed by atoms with Gasteiger partial charge in [0.25, 0.3) is 0 Å². The average molecular weight is 228 g/mol. The third kappa shape index (κ3) is 2.76. The molecule has 0 saturated heterocycles. The molecule has 1 fully saturated rings. The Kier molecular flexibility index (Phi) is 5.22. The summed E-state index contributed by atoms with van der Waals surface area (Å²) in [6, 6.07) is 0.559. The minimum Gasteiger partial charge on any atom is -0.381 e. The Labute approximate surface area is 100 Å². The monoisotopic (exact) mass is 228 g/mol. The number of nitrogens with zero attached hydrogens (tertiary/aromatic N) is 1. The molecule has 1 aliphatic carbocycles. The predicted molar refractivity (Wildman–Crippen MR) is 68.6 cm³/mol. The molecule has 0 aromatic rings. The SMILES string of the molecule is CCN(C(C)C)C1(CN)CCCC(OC)C1. The molecule has 0 heterocycles. The second-order valence-electron chi connectivity index (χ2n) is 5.26. The summed E-state index contributed by atoms with van der Waals surface area (Å²) in [5.41, 5.74) is 6.24. The Morgan fingerprint density at radius 1 is 1.50 bits per heavy atom. The quantitative estimate of drug-likeness (QED) is 0.782. The molecule has 1 rings (SSSR count). The fraction of sp³-hybridized carbons (Fsp3) is 1.00. The van der Waals surface area contributed by atoms with Gasteiger partial charge in [0.1, 0.15) is 0 Å². The number of likely N-dealkylation sites (N-methyl/N-ethyl adjacent to an activating group) is 1. The van der Waals surface area contributed by atoms with E-state index in [2.05, 4.69) is 25.7 Å². The summed E-state index contributed by atoms with van der Waals surface area (Å²) >= 11 is 0. The second kappa shape index (κ2) is 5.99. The van der Waals surface area contributed by atoms with E-state index in [-0.39, 0.29) is 5.54 Å². The first-order valence-corrected chi connectivity index (χ1v) is 6.59. The van der Waals surface area contributed by atoms with E-state index in [0.29, 0.717) is 12.1 Å². The van der Waals surface area contributed by atoms with Crippen LogP contribution in [0.15, 0.2) is 0 Å². The van der Waals surface area contributed by atoms with Gasteiger partial charge in [0, 0.05) is 25.2 Å². The van der Waals surface area contributed by atoms with Crippen molar-refractivity contribution < 1.29 is 4.74 Å². The van der Waals surface area contributed by atoms with Gasteiger partial charge in [-0.25, -0.2) is 0 Å². The van der Waals surface area contributed by atoms with E-state index in [1.54, 1.807) is 0 Å². The smallest absolute Gasteiger partial charge is 0.0589 e. The summed E-state index contributed by atoms with van der Waals surface area (Å²) in [5, 5.41) is 0. The summed E-state index contributed by atoms with van der Waals surface area (Å²) in [5.74, 6) is 0. The van der Waals surface area contributed by atoms with Gasteiger partial charge >= 0.3 is 0 Å². The molecule has 0 radical (unpaired) electrons. The van der Waals surface area contributed by atoms with E-state index in [0.717, 1.165) is 19.5 Å². The highest BCUT2D eigenvalue weighted by molar-refractivity contribution is 4.97. The zero-order chi connectivity index (χ0) is 12.2. The normalized spacial score (nSPS) is 31.3. The van der Waals surface area contributed by atoms with E-state index >= 15 is 0 Å². The summed E-state index contributed by atoms with van der Waals surface area (Å²) in [7, 11) is 1.82. The molecule has 0 aromatic carbocycles. The zero-order valence-electron chi connectivity index (χ0n) is 11.3. The molecule has 1 aliphatic rings.